The number of aliphatic hydroxyl groups excluding tert-OH is 1. The number of hydrogen-bond acceptors (Lipinski definition) is 2. The highest BCUT2D eigenvalue weighted by atomic mass is 16.4. The Bertz CT molecular complexity index is 141. The second kappa shape index (κ2) is 8.27. The smallest absolute Gasteiger partial charge is 0.303 e. The van der Waals surface area contributed by atoms with Crippen molar-refractivity contribution in [3.05, 3.63) is 12.2 Å². The minimum Gasteiger partial charge on any atom is -0.481 e. The van der Waals surface area contributed by atoms with Gasteiger partial charge >= 0.3 is 5.97 Å². The molecule has 0 radical (unpaired) electrons. The molecule has 0 unspecified atom stereocenters. The zero-order valence-electron chi connectivity index (χ0n) is 7.20. The Hall–Kier alpha value is -0.830. The van der Waals surface area contributed by atoms with E-state index in [-0.39, 0.29) is 13.0 Å². The molecular formula is C9H16O3. The zero-order valence-corrected chi connectivity index (χ0v) is 7.20. The van der Waals surface area contributed by atoms with Crippen molar-refractivity contribution < 1.29 is 15.0 Å². The van der Waals surface area contributed by atoms with Gasteiger partial charge in [-0.2, -0.15) is 0 Å². The predicted molar refractivity (Wildman–Crippen MR) is 46.9 cm³/mol. The van der Waals surface area contributed by atoms with Crippen LogP contribution < -0.4 is 0 Å². The third-order valence-corrected chi connectivity index (χ3v) is 1.47. The molecule has 0 atom stereocenters. The highest BCUT2D eigenvalue weighted by Crippen LogP contribution is 1.97. The molecule has 0 amide bonds. The summed E-state index contributed by atoms with van der Waals surface area (Å²) in [7, 11) is 0. The van der Waals surface area contributed by atoms with Gasteiger partial charge in [-0.3, -0.25) is 4.79 Å². The lowest BCUT2D eigenvalue weighted by atomic mass is 10.2. The highest BCUT2D eigenvalue weighted by molar-refractivity contribution is 5.66. The molecule has 0 fully saturated rings. The molecular weight excluding hydrogens is 156 g/mol. The topological polar surface area (TPSA) is 57.5 Å². The first kappa shape index (κ1) is 11.2. The zero-order chi connectivity index (χ0) is 9.23. The maximum atomic E-state index is 10.1. The van der Waals surface area contributed by atoms with Crippen LogP contribution in [0.2, 0.25) is 0 Å². The minimum absolute atomic E-state index is 0.205. The minimum atomic E-state index is -0.755. The van der Waals surface area contributed by atoms with Gasteiger partial charge in [0.15, 0.2) is 0 Å². The Kier molecular flexibility index (Phi) is 7.70. The maximum Gasteiger partial charge on any atom is 0.303 e. The molecule has 3 heteroatoms. The number of aliphatic carboxylic acids is 1. The summed E-state index contributed by atoms with van der Waals surface area (Å²) in [6.45, 7) is 0.239. The molecule has 0 aliphatic rings. The van der Waals surface area contributed by atoms with E-state index in [0.717, 1.165) is 19.3 Å². The fourth-order valence-corrected chi connectivity index (χ4v) is 0.817. The average molecular weight is 172 g/mol. The number of unbranched alkanes of at least 4 members (excludes halogenated alkanes) is 2. The Balaban J connectivity index is 3.09. The van der Waals surface area contributed by atoms with Crippen LogP contribution in [0.15, 0.2) is 12.2 Å². The molecule has 0 saturated carbocycles. The molecule has 0 bridgehead atoms. The van der Waals surface area contributed by atoms with Crippen molar-refractivity contribution in [3.63, 3.8) is 0 Å². The summed E-state index contributed by atoms with van der Waals surface area (Å²) in [5.74, 6) is -0.755. The van der Waals surface area contributed by atoms with Crippen molar-refractivity contribution in [3.8, 4) is 0 Å². The summed E-state index contributed by atoms with van der Waals surface area (Å²) in [5, 5.41) is 16.7. The van der Waals surface area contributed by atoms with E-state index in [9.17, 15) is 4.79 Å². The van der Waals surface area contributed by atoms with Crippen molar-refractivity contribution in [1.29, 1.82) is 0 Å². The molecule has 2 N–H and O–H groups in total. The van der Waals surface area contributed by atoms with E-state index in [1.165, 1.54) is 0 Å². The number of carboxylic acid groups (broad SMARTS) is 1. The summed E-state index contributed by atoms with van der Waals surface area (Å²) >= 11 is 0. The summed E-state index contributed by atoms with van der Waals surface area (Å²) in [5.41, 5.74) is 0. The van der Waals surface area contributed by atoms with Crippen LogP contribution >= 0.6 is 0 Å². The molecule has 0 heterocycles. The van der Waals surface area contributed by atoms with Crippen molar-refractivity contribution >= 4 is 5.97 Å². The summed E-state index contributed by atoms with van der Waals surface area (Å²) in [6.07, 6.45) is 7.39. The molecule has 0 aliphatic carbocycles. The van der Waals surface area contributed by atoms with Gasteiger partial charge in [0.25, 0.3) is 0 Å². The lowest BCUT2D eigenvalue weighted by Crippen LogP contribution is -1.91. The van der Waals surface area contributed by atoms with Crippen LogP contribution in [0.1, 0.15) is 32.1 Å². The first-order valence-corrected chi connectivity index (χ1v) is 4.25. The van der Waals surface area contributed by atoms with E-state index >= 15 is 0 Å². The highest BCUT2D eigenvalue weighted by Gasteiger charge is 1.91. The Morgan fingerprint density at radius 3 is 2.42 bits per heavy atom. The molecule has 0 saturated heterocycles. The summed E-state index contributed by atoms with van der Waals surface area (Å²) < 4.78 is 0. The average Bonchev–Trinajstić information content (AvgIpc) is 2.02. The van der Waals surface area contributed by atoms with Crippen molar-refractivity contribution in [2.45, 2.75) is 32.1 Å². The predicted octanol–water partition coefficient (Wildman–Crippen LogP) is 1.57. The molecule has 0 spiro atoms. The lowest BCUT2D eigenvalue weighted by molar-refractivity contribution is -0.136. The van der Waals surface area contributed by atoms with Crippen LogP contribution in [0.5, 0.6) is 0 Å². The van der Waals surface area contributed by atoms with Gasteiger partial charge in [0.1, 0.15) is 0 Å². The Morgan fingerprint density at radius 1 is 1.17 bits per heavy atom. The van der Waals surface area contributed by atoms with Gasteiger partial charge in [-0.15, -0.1) is 0 Å². The van der Waals surface area contributed by atoms with Gasteiger partial charge in [0.05, 0.1) is 0 Å². The molecule has 70 valence electrons. The second-order valence-electron chi connectivity index (χ2n) is 2.62. The SMILES string of the molecule is O=C(O)CC/C=C/CCCCO. The van der Waals surface area contributed by atoms with Gasteiger partial charge in [0, 0.05) is 13.0 Å². The first-order valence-electron chi connectivity index (χ1n) is 4.25. The molecule has 0 aromatic rings. The summed E-state index contributed by atoms with van der Waals surface area (Å²) in [6, 6.07) is 0. The molecule has 3 nitrogen and oxygen atoms in total. The standard InChI is InChI=1S/C9H16O3/c10-8-6-4-2-1-3-5-7-9(11)12/h1,3,10H,2,4-8H2,(H,11,12)/b3-1+. The number of carbonyl (C=O) groups is 1. The third-order valence-electron chi connectivity index (χ3n) is 1.47. The van der Waals surface area contributed by atoms with Crippen LogP contribution in [-0.2, 0) is 4.79 Å². The van der Waals surface area contributed by atoms with Gasteiger partial charge in [0.2, 0.25) is 0 Å². The molecule has 12 heavy (non-hydrogen) atoms. The van der Waals surface area contributed by atoms with Crippen LogP contribution in [0.4, 0.5) is 0 Å². The fourth-order valence-electron chi connectivity index (χ4n) is 0.817. The molecule has 0 aromatic heterocycles. The van der Waals surface area contributed by atoms with E-state index in [1.807, 2.05) is 12.2 Å². The number of rotatable bonds is 7. The van der Waals surface area contributed by atoms with E-state index in [2.05, 4.69) is 0 Å². The van der Waals surface area contributed by atoms with Gasteiger partial charge in [-0.1, -0.05) is 12.2 Å². The van der Waals surface area contributed by atoms with Crippen molar-refractivity contribution in [2.24, 2.45) is 0 Å². The van der Waals surface area contributed by atoms with Crippen LogP contribution in [-0.4, -0.2) is 22.8 Å². The first-order chi connectivity index (χ1) is 5.77. The van der Waals surface area contributed by atoms with Gasteiger partial charge in [-0.25, -0.2) is 0 Å². The normalized spacial score (nSPS) is 10.8. The third kappa shape index (κ3) is 9.17. The molecule has 0 rings (SSSR count). The summed E-state index contributed by atoms with van der Waals surface area (Å²) in [4.78, 5) is 10.1. The largest absolute Gasteiger partial charge is 0.481 e. The van der Waals surface area contributed by atoms with Gasteiger partial charge < -0.3 is 10.2 Å². The van der Waals surface area contributed by atoms with Crippen LogP contribution in [0.3, 0.4) is 0 Å². The Labute approximate surface area is 72.7 Å². The monoisotopic (exact) mass is 172 g/mol. The van der Waals surface area contributed by atoms with Crippen molar-refractivity contribution in [2.75, 3.05) is 6.61 Å². The van der Waals surface area contributed by atoms with Crippen LogP contribution in [0.25, 0.3) is 0 Å². The van der Waals surface area contributed by atoms with E-state index < -0.39 is 5.97 Å². The maximum absolute atomic E-state index is 10.1. The molecule has 0 aromatic carbocycles. The number of allylic oxidation sites excluding steroid dienone is 2. The quantitative estimate of drug-likeness (QED) is 0.452. The number of hydrogen-bond donors (Lipinski definition) is 2. The number of carboxylic acids is 1. The fraction of sp³-hybridized carbons (Fsp3) is 0.667. The Morgan fingerprint density at radius 2 is 1.83 bits per heavy atom. The lowest BCUT2D eigenvalue weighted by Gasteiger charge is -1.91. The van der Waals surface area contributed by atoms with Gasteiger partial charge in [-0.05, 0) is 25.7 Å². The van der Waals surface area contributed by atoms with E-state index in [1.54, 1.807) is 0 Å². The van der Waals surface area contributed by atoms with Crippen molar-refractivity contribution in [1.82, 2.24) is 0 Å². The van der Waals surface area contributed by atoms with E-state index in [4.69, 9.17) is 10.2 Å². The molecule has 0 aliphatic heterocycles. The second-order valence-corrected chi connectivity index (χ2v) is 2.62. The van der Waals surface area contributed by atoms with Crippen LogP contribution in [0, 0.1) is 0 Å². The van der Waals surface area contributed by atoms with E-state index in [0.29, 0.717) is 6.42 Å². The number of aliphatic hydroxyl groups is 1.